The molecule has 0 radical (unpaired) electrons. The first-order chi connectivity index (χ1) is 13.2. The summed E-state index contributed by atoms with van der Waals surface area (Å²) in [4.78, 5) is 17.3. The standard InChI is InChI=1S/C20H28N4O3S/c1-6-24(7-2)28(26,27)17-11-12-19(21-13-17)23(5)14-20(25)22-18-10-8-9-15(3)16(18)4/h8-13H,6-7,14H2,1-5H3,(H,22,25)/p+1. The van der Waals surface area contributed by atoms with E-state index in [0.717, 1.165) is 16.8 Å². The Morgan fingerprint density at radius 3 is 2.36 bits per heavy atom. The molecule has 0 bridgehead atoms. The SMILES string of the molecule is CCN(CC)S(=O)(=O)c1ccc(N(C)CC(=O)Nc2cccc(C)c2C)[nH+]c1. The fraction of sp³-hybridized carbons (Fsp3) is 0.400. The van der Waals surface area contributed by atoms with Crippen LogP contribution in [0.3, 0.4) is 0 Å². The van der Waals surface area contributed by atoms with Crippen molar-refractivity contribution in [3.63, 3.8) is 0 Å². The van der Waals surface area contributed by atoms with Gasteiger partial charge in [-0.05, 0) is 37.1 Å². The second kappa shape index (κ2) is 9.16. The molecule has 0 saturated heterocycles. The third-order valence-corrected chi connectivity index (χ3v) is 6.83. The molecule has 0 aliphatic heterocycles. The van der Waals surface area contributed by atoms with E-state index in [0.29, 0.717) is 18.9 Å². The Hall–Kier alpha value is -2.45. The number of likely N-dealkylation sites (N-methyl/N-ethyl adjacent to an activating group) is 1. The summed E-state index contributed by atoms with van der Waals surface area (Å²) in [5.41, 5.74) is 2.95. The summed E-state index contributed by atoms with van der Waals surface area (Å²) >= 11 is 0. The summed E-state index contributed by atoms with van der Waals surface area (Å²) in [6, 6.07) is 9.00. The van der Waals surface area contributed by atoms with Crippen LogP contribution in [-0.4, -0.2) is 45.3 Å². The number of hydrogen-bond donors (Lipinski definition) is 1. The molecule has 0 spiro atoms. The van der Waals surface area contributed by atoms with Gasteiger partial charge in [0.15, 0.2) is 6.54 Å². The molecule has 1 amide bonds. The van der Waals surface area contributed by atoms with Crippen molar-refractivity contribution < 1.29 is 18.2 Å². The van der Waals surface area contributed by atoms with Gasteiger partial charge in [-0.3, -0.25) is 9.69 Å². The van der Waals surface area contributed by atoms with E-state index in [2.05, 4.69) is 10.3 Å². The minimum atomic E-state index is -3.51. The van der Waals surface area contributed by atoms with Gasteiger partial charge in [0, 0.05) is 24.8 Å². The topological polar surface area (TPSA) is 83.9 Å². The quantitative estimate of drug-likeness (QED) is 0.730. The zero-order chi connectivity index (χ0) is 20.9. The number of H-pyrrole nitrogens is 1. The van der Waals surface area contributed by atoms with Crippen molar-refractivity contribution in [3.05, 3.63) is 47.7 Å². The van der Waals surface area contributed by atoms with Crippen molar-refractivity contribution in [1.29, 1.82) is 0 Å². The molecule has 7 nitrogen and oxygen atoms in total. The first-order valence-corrected chi connectivity index (χ1v) is 10.7. The highest BCUT2D eigenvalue weighted by molar-refractivity contribution is 7.89. The van der Waals surface area contributed by atoms with Crippen LogP contribution in [0.2, 0.25) is 0 Å². The first kappa shape index (κ1) is 21.8. The Morgan fingerprint density at radius 2 is 1.79 bits per heavy atom. The van der Waals surface area contributed by atoms with Crippen LogP contribution in [0.25, 0.3) is 0 Å². The lowest BCUT2D eigenvalue weighted by Crippen LogP contribution is -2.35. The van der Waals surface area contributed by atoms with E-state index in [1.165, 1.54) is 10.5 Å². The molecule has 8 heteroatoms. The molecule has 0 fully saturated rings. The normalized spacial score (nSPS) is 11.5. The largest absolute Gasteiger partial charge is 0.322 e. The molecule has 1 aromatic heterocycles. The number of nitrogens with zero attached hydrogens (tertiary/aromatic N) is 2. The lowest BCUT2D eigenvalue weighted by atomic mass is 10.1. The highest BCUT2D eigenvalue weighted by Crippen LogP contribution is 2.18. The summed E-state index contributed by atoms with van der Waals surface area (Å²) in [5.74, 6) is 0.499. The zero-order valence-electron chi connectivity index (χ0n) is 17.1. The minimum absolute atomic E-state index is 0.131. The number of carbonyl (C=O) groups is 1. The van der Waals surface area contributed by atoms with E-state index in [1.54, 1.807) is 24.1 Å². The van der Waals surface area contributed by atoms with E-state index in [4.69, 9.17) is 0 Å². The predicted molar refractivity (Wildman–Crippen MR) is 111 cm³/mol. The van der Waals surface area contributed by atoms with Crippen LogP contribution in [0.4, 0.5) is 11.5 Å². The van der Waals surface area contributed by atoms with Gasteiger partial charge in [0.1, 0.15) is 11.1 Å². The summed E-state index contributed by atoms with van der Waals surface area (Å²) in [7, 11) is -1.74. The maximum atomic E-state index is 12.5. The number of nitrogens with one attached hydrogen (secondary N) is 2. The number of rotatable bonds is 8. The number of carbonyl (C=O) groups excluding carboxylic acids is 1. The van der Waals surface area contributed by atoms with Gasteiger partial charge < -0.3 is 5.32 Å². The maximum absolute atomic E-state index is 12.5. The third kappa shape index (κ3) is 4.88. The molecule has 1 aromatic carbocycles. The Bertz CT molecular complexity index is 923. The number of aryl methyl sites for hydroxylation is 1. The summed E-state index contributed by atoms with van der Waals surface area (Å²) < 4.78 is 26.5. The van der Waals surface area contributed by atoms with Crippen molar-refractivity contribution in [2.45, 2.75) is 32.6 Å². The Labute approximate surface area is 167 Å². The van der Waals surface area contributed by atoms with E-state index in [-0.39, 0.29) is 17.3 Å². The lowest BCUT2D eigenvalue weighted by molar-refractivity contribution is -0.366. The van der Waals surface area contributed by atoms with Crippen LogP contribution >= 0.6 is 0 Å². The van der Waals surface area contributed by atoms with Crippen LogP contribution in [-0.2, 0) is 14.8 Å². The summed E-state index contributed by atoms with van der Waals surface area (Å²) in [6.07, 6.45) is 1.46. The minimum Gasteiger partial charge on any atom is -0.322 e. The monoisotopic (exact) mass is 405 g/mol. The van der Waals surface area contributed by atoms with Crippen LogP contribution in [0.1, 0.15) is 25.0 Å². The highest BCUT2D eigenvalue weighted by atomic mass is 32.2. The number of aromatic nitrogens is 1. The van der Waals surface area contributed by atoms with Crippen molar-refractivity contribution >= 4 is 27.4 Å². The van der Waals surface area contributed by atoms with E-state index in [9.17, 15) is 13.2 Å². The van der Waals surface area contributed by atoms with E-state index >= 15 is 0 Å². The molecule has 0 aliphatic rings. The van der Waals surface area contributed by atoms with Gasteiger partial charge in [-0.1, -0.05) is 26.0 Å². The van der Waals surface area contributed by atoms with Gasteiger partial charge in [0.05, 0.1) is 7.05 Å². The average Bonchev–Trinajstić information content (AvgIpc) is 2.66. The number of pyridine rings is 1. The van der Waals surface area contributed by atoms with Crippen molar-refractivity contribution in [2.75, 3.05) is 36.9 Å². The molecule has 2 aromatic rings. The molecule has 2 rings (SSSR count). The van der Waals surface area contributed by atoms with Gasteiger partial charge in [-0.2, -0.15) is 4.31 Å². The van der Waals surface area contributed by atoms with Crippen LogP contribution < -0.4 is 15.2 Å². The smallest absolute Gasteiger partial charge is 0.274 e. The molecule has 0 unspecified atom stereocenters. The molecular weight excluding hydrogens is 376 g/mol. The van der Waals surface area contributed by atoms with Gasteiger partial charge in [-0.15, -0.1) is 0 Å². The second-order valence-electron chi connectivity index (χ2n) is 6.65. The third-order valence-electron chi connectivity index (χ3n) is 4.78. The number of amides is 1. The first-order valence-electron chi connectivity index (χ1n) is 9.29. The molecule has 0 aliphatic carbocycles. The van der Waals surface area contributed by atoms with E-state index in [1.807, 2.05) is 45.9 Å². The average molecular weight is 406 g/mol. The lowest BCUT2D eigenvalue weighted by Gasteiger charge is -2.18. The molecular formula is C20H29N4O3S+. The molecule has 1 heterocycles. The molecule has 152 valence electrons. The van der Waals surface area contributed by atoms with Gasteiger partial charge >= 0.3 is 0 Å². The second-order valence-corrected chi connectivity index (χ2v) is 8.59. The molecule has 28 heavy (non-hydrogen) atoms. The molecule has 0 saturated carbocycles. The van der Waals surface area contributed by atoms with Gasteiger partial charge in [0.25, 0.3) is 11.7 Å². The van der Waals surface area contributed by atoms with Crippen LogP contribution in [0.5, 0.6) is 0 Å². The van der Waals surface area contributed by atoms with Gasteiger partial charge in [0.2, 0.25) is 10.0 Å². The Morgan fingerprint density at radius 1 is 1.11 bits per heavy atom. The zero-order valence-corrected chi connectivity index (χ0v) is 17.9. The van der Waals surface area contributed by atoms with E-state index < -0.39 is 10.0 Å². The number of sulfonamides is 1. The van der Waals surface area contributed by atoms with Gasteiger partial charge in [-0.25, -0.2) is 13.4 Å². The fourth-order valence-electron chi connectivity index (χ4n) is 2.89. The van der Waals surface area contributed by atoms with Crippen LogP contribution in [0, 0.1) is 13.8 Å². The number of benzene rings is 1. The van der Waals surface area contributed by atoms with Crippen molar-refractivity contribution in [2.24, 2.45) is 0 Å². The van der Waals surface area contributed by atoms with Crippen molar-refractivity contribution in [3.8, 4) is 0 Å². The molecule has 2 N–H and O–H groups in total. The Kier molecular flexibility index (Phi) is 7.15. The van der Waals surface area contributed by atoms with Crippen molar-refractivity contribution in [1.82, 2.24) is 4.31 Å². The maximum Gasteiger partial charge on any atom is 0.274 e. The van der Waals surface area contributed by atoms with Crippen LogP contribution in [0.15, 0.2) is 41.4 Å². The number of hydrogen-bond acceptors (Lipinski definition) is 4. The summed E-state index contributed by atoms with van der Waals surface area (Å²) in [6.45, 7) is 8.55. The Balaban J connectivity index is 2.07. The fourth-order valence-corrected chi connectivity index (χ4v) is 4.32. The molecule has 0 atom stereocenters. The number of aromatic amines is 1. The highest BCUT2D eigenvalue weighted by Gasteiger charge is 2.24. The number of anilines is 2. The predicted octanol–water partition coefficient (Wildman–Crippen LogP) is 2.22. The summed E-state index contributed by atoms with van der Waals surface area (Å²) in [5, 5.41) is 2.92.